The number of Topliss-reactive ketones (excluding diaryl/α,β-unsaturated/α-hetero) is 1. The first kappa shape index (κ1) is 14.7. The van der Waals surface area contributed by atoms with Crippen LogP contribution in [0.2, 0.25) is 0 Å². The predicted octanol–water partition coefficient (Wildman–Crippen LogP) is 1.14. The SMILES string of the molecule is CC(=O)c1ccc(NC(=O)C[NH+]2CCC[C@H](C)C2)cc1. The lowest BCUT2D eigenvalue weighted by atomic mass is 10.0. The molecule has 2 N–H and O–H groups in total. The Balaban J connectivity index is 1.86. The number of ketones is 1. The fourth-order valence-electron chi connectivity index (χ4n) is 2.78. The first-order valence-electron chi connectivity index (χ1n) is 7.29. The summed E-state index contributed by atoms with van der Waals surface area (Å²) in [6.07, 6.45) is 2.48. The zero-order chi connectivity index (χ0) is 14.5. The molecule has 0 aromatic heterocycles. The third-order valence-corrected chi connectivity index (χ3v) is 3.85. The van der Waals surface area contributed by atoms with Crippen LogP contribution in [0.5, 0.6) is 0 Å². The van der Waals surface area contributed by atoms with Crippen LogP contribution in [0.1, 0.15) is 37.0 Å². The van der Waals surface area contributed by atoms with E-state index in [1.807, 2.05) is 0 Å². The Hall–Kier alpha value is -1.68. The minimum atomic E-state index is 0.0367. The second kappa shape index (κ2) is 6.66. The lowest BCUT2D eigenvalue weighted by Gasteiger charge is -2.27. The molecule has 1 aliphatic rings. The maximum atomic E-state index is 12.0. The second-order valence-electron chi connectivity index (χ2n) is 5.81. The van der Waals surface area contributed by atoms with Gasteiger partial charge in [-0.3, -0.25) is 9.59 Å². The highest BCUT2D eigenvalue weighted by Crippen LogP contribution is 2.10. The summed E-state index contributed by atoms with van der Waals surface area (Å²) in [7, 11) is 0. The molecular formula is C16H23N2O2+. The number of hydrogen-bond donors (Lipinski definition) is 2. The topological polar surface area (TPSA) is 50.6 Å². The fourth-order valence-corrected chi connectivity index (χ4v) is 2.78. The molecule has 1 amide bonds. The van der Waals surface area contributed by atoms with Crippen LogP contribution in [0.3, 0.4) is 0 Å². The quantitative estimate of drug-likeness (QED) is 0.810. The maximum absolute atomic E-state index is 12.0. The average molecular weight is 275 g/mol. The van der Waals surface area contributed by atoms with E-state index in [9.17, 15) is 9.59 Å². The predicted molar refractivity (Wildman–Crippen MR) is 79.0 cm³/mol. The van der Waals surface area contributed by atoms with Crippen molar-refractivity contribution >= 4 is 17.4 Å². The van der Waals surface area contributed by atoms with Crippen molar-refractivity contribution in [2.75, 3.05) is 25.0 Å². The number of hydrogen-bond acceptors (Lipinski definition) is 2. The van der Waals surface area contributed by atoms with Crippen LogP contribution < -0.4 is 10.2 Å². The van der Waals surface area contributed by atoms with Crippen LogP contribution in [0, 0.1) is 5.92 Å². The number of carbonyl (C=O) groups is 2. The van der Waals surface area contributed by atoms with Crippen molar-refractivity contribution < 1.29 is 14.5 Å². The van der Waals surface area contributed by atoms with Crippen molar-refractivity contribution in [3.05, 3.63) is 29.8 Å². The Morgan fingerprint density at radius 2 is 2.00 bits per heavy atom. The van der Waals surface area contributed by atoms with E-state index in [1.165, 1.54) is 24.7 Å². The van der Waals surface area contributed by atoms with E-state index in [1.54, 1.807) is 24.3 Å². The molecule has 2 rings (SSSR count). The molecule has 1 aromatic carbocycles. The minimum absolute atomic E-state index is 0.0367. The number of anilines is 1. The van der Waals surface area contributed by atoms with Crippen molar-refractivity contribution in [2.24, 2.45) is 5.92 Å². The Morgan fingerprint density at radius 1 is 1.30 bits per heavy atom. The Labute approximate surface area is 120 Å². The molecule has 0 spiro atoms. The third-order valence-electron chi connectivity index (χ3n) is 3.85. The largest absolute Gasteiger partial charge is 0.327 e. The van der Waals surface area contributed by atoms with Gasteiger partial charge in [-0.2, -0.15) is 0 Å². The van der Waals surface area contributed by atoms with Gasteiger partial charge >= 0.3 is 0 Å². The van der Waals surface area contributed by atoms with Gasteiger partial charge in [-0.05, 0) is 44.0 Å². The summed E-state index contributed by atoms with van der Waals surface area (Å²) in [5.74, 6) is 0.792. The van der Waals surface area contributed by atoms with E-state index in [2.05, 4.69) is 12.2 Å². The lowest BCUT2D eigenvalue weighted by molar-refractivity contribution is -0.900. The van der Waals surface area contributed by atoms with Crippen LogP contribution >= 0.6 is 0 Å². The normalized spacial score (nSPS) is 22.3. The zero-order valence-corrected chi connectivity index (χ0v) is 12.2. The van der Waals surface area contributed by atoms with Crippen molar-refractivity contribution in [2.45, 2.75) is 26.7 Å². The van der Waals surface area contributed by atoms with Crippen LogP contribution in [0.25, 0.3) is 0 Å². The lowest BCUT2D eigenvalue weighted by Crippen LogP contribution is -3.14. The van der Waals surface area contributed by atoms with E-state index in [0.29, 0.717) is 18.0 Å². The zero-order valence-electron chi connectivity index (χ0n) is 12.2. The van der Waals surface area contributed by atoms with Crippen molar-refractivity contribution in [3.8, 4) is 0 Å². The molecule has 0 saturated carbocycles. The number of carbonyl (C=O) groups excluding carboxylic acids is 2. The van der Waals surface area contributed by atoms with Gasteiger partial charge < -0.3 is 10.2 Å². The summed E-state index contributed by atoms with van der Waals surface area (Å²) in [5, 5.41) is 2.90. The van der Waals surface area contributed by atoms with Gasteiger partial charge in [0.05, 0.1) is 13.1 Å². The smallest absolute Gasteiger partial charge is 0.279 e. The summed E-state index contributed by atoms with van der Waals surface area (Å²) in [4.78, 5) is 24.6. The van der Waals surface area contributed by atoms with Crippen LogP contribution in [0.15, 0.2) is 24.3 Å². The van der Waals surface area contributed by atoms with Gasteiger partial charge in [0, 0.05) is 17.2 Å². The number of nitrogens with one attached hydrogen (secondary N) is 2. The number of rotatable bonds is 4. The minimum Gasteiger partial charge on any atom is -0.327 e. The van der Waals surface area contributed by atoms with E-state index in [4.69, 9.17) is 0 Å². The number of benzene rings is 1. The first-order valence-corrected chi connectivity index (χ1v) is 7.29. The molecule has 1 unspecified atom stereocenters. The van der Waals surface area contributed by atoms with Gasteiger partial charge in [-0.1, -0.05) is 6.92 Å². The molecule has 0 aliphatic carbocycles. The van der Waals surface area contributed by atoms with Crippen LogP contribution in [-0.2, 0) is 4.79 Å². The summed E-state index contributed by atoms with van der Waals surface area (Å²) in [6, 6.07) is 7.05. The standard InChI is InChI=1S/C16H22N2O2/c1-12-4-3-9-18(10-12)11-16(20)17-15-7-5-14(6-8-15)13(2)19/h5-8,12H,3-4,9-11H2,1-2H3,(H,17,20)/p+1/t12-/m0/s1. The summed E-state index contributed by atoms with van der Waals surface area (Å²) in [6.45, 7) is 6.47. The molecule has 1 aliphatic heterocycles. The molecule has 20 heavy (non-hydrogen) atoms. The molecule has 1 aromatic rings. The van der Waals surface area contributed by atoms with Crippen LogP contribution in [0.4, 0.5) is 5.69 Å². The van der Waals surface area contributed by atoms with Gasteiger partial charge in [0.2, 0.25) is 0 Å². The van der Waals surface area contributed by atoms with Gasteiger partial charge in [0.15, 0.2) is 12.3 Å². The Kier molecular flexibility index (Phi) is 4.90. The van der Waals surface area contributed by atoms with Gasteiger partial charge in [-0.25, -0.2) is 0 Å². The fraction of sp³-hybridized carbons (Fsp3) is 0.500. The summed E-state index contributed by atoms with van der Waals surface area (Å²) >= 11 is 0. The van der Waals surface area contributed by atoms with Crippen molar-refractivity contribution in [1.82, 2.24) is 0 Å². The Morgan fingerprint density at radius 3 is 2.60 bits per heavy atom. The highest BCUT2D eigenvalue weighted by atomic mass is 16.2. The molecule has 0 radical (unpaired) electrons. The Bertz CT molecular complexity index is 482. The molecule has 1 saturated heterocycles. The molecule has 1 heterocycles. The highest BCUT2D eigenvalue weighted by Gasteiger charge is 2.21. The van der Waals surface area contributed by atoms with E-state index < -0.39 is 0 Å². The van der Waals surface area contributed by atoms with Gasteiger partial charge in [0.25, 0.3) is 5.91 Å². The number of quaternary nitrogens is 1. The van der Waals surface area contributed by atoms with Crippen molar-refractivity contribution in [1.29, 1.82) is 0 Å². The second-order valence-corrected chi connectivity index (χ2v) is 5.81. The van der Waals surface area contributed by atoms with Crippen LogP contribution in [-0.4, -0.2) is 31.3 Å². The average Bonchev–Trinajstić information content (AvgIpc) is 2.39. The molecular weight excluding hydrogens is 252 g/mol. The summed E-state index contributed by atoms with van der Waals surface area (Å²) < 4.78 is 0. The molecule has 4 nitrogen and oxygen atoms in total. The van der Waals surface area contributed by atoms with E-state index in [0.717, 1.165) is 18.8 Å². The van der Waals surface area contributed by atoms with E-state index in [-0.39, 0.29) is 11.7 Å². The molecule has 4 heteroatoms. The summed E-state index contributed by atoms with van der Waals surface area (Å²) in [5.41, 5.74) is 1.42. The molecule has 108 valence electrons. The molecule has 2 atom stereocenters. The molecule has 1 fully saturated rings. The van der Waals surface area contributed by atoms with Gasteiger partial charge in [0.1, 0.15) is 0 Å². The molecule has 0 bridgehead atoms. The third kappa shape index (κ3) is 4.17. The highest BCUT2D eigenvalue weighted by molar-refractivity contribution is 5.95. The van der Waals surface area contributed by atoms with E-state index >= 15 is 0 Å². The maximum Gasteiger partial charge on any atom is 0.279 e. The number of likely N-dealkylation sites (tertiary alicyclic amines) is 1. The number of piperidine rings is 1. The first-order chi connectivity index (χ1) is 9.54. The van der Waals surface area contributed by atoms with Crippen molar-refractivity contribution in [3.63, 3.8) is 0 Å². The number of amides is 1. The van der Waals surface area contributed by atoms with Gasteiger partial charge in [-0.15, -0.1) is 0 Å². The monoisotopic (exact) mass is 275 g/mol.